The van der Waals surface area contributed by atoms with Gasteiger partial charge in [-0.1, -0.05) is 32.1 Å². The van der Waals surface area contributed by atoms with Crippen LogP contribution in [0.4, 0.5) is 0 Å². The Morgan fingerprint density at radius 2 is 1.88 bits per heavy atom. The third-order valence-electron chi connectivity index (χ3n) is 4.97. The van der Waals surface area contributed by atoms with Crippen molar-refractivity contribution >= 4 is 0 Å². The van der Waals surface area contributed by atoms with Crippen molar-refractivity contribution in [3.05, 3.63) is 0 Å². The Bertz CT molecular complexity index is 237. The molecule has 0 bridgehead atoms. The van der Waals surface area contributed by atoms with Gasteiger partial charge < -0.3 is 10.1 Å². The number of ether oxygens (including phenoxy) is 1. The summed E-state index contributed by atoms with van der Waals surface area (Å²) in [4.78, 5) is 0. The number of rotatable bonds is 5. The SMILES string of the molecule is C1CCC(CC2(CNC3CC3)CCOC2)CC1. The van der Waals surface area contributed by atoms with Crippen LogP contribution in [0.1, 0.15) is 57.8 Å². The third kappa shape index (κ3) is 3.23. The van der Waals surface area contributed by atoms with E-state index in [9.17, 15) is 0 Å². The van der Waals surface area contributed by atoms with E-state index in [-0.39, 0.29) is 0 Å². The minimum Gasteiger partial charge on any atom is -0.381 e. The van der Waals surface area contributed by atoms with Gasteiger partial charge in [0.2, 0.25) is 0 Å². The predicted molar refractivity (Wildman–Crippen MR) is 70.1 cm³/mol. The smallest absolute Gasteiger partial charge is 0.0535 e. The first kappa shape index (κ1) is 12.0. The van der Waals surface area contributed by atoms with Gasteiger partial charge in [0.1, 0.15) is 0 Å². The van der Waals surface area contributed by atoms with Crippen molar-refractivity contribution in [3.8, 4) is 0 Å². The van der Waals surface area contributed by atoms with E-state index >= 15 is 0 Å². The van der Waals surface area contributed by atoms with E-state index < -0.39 is 0 Å². The highest BCUT2D eigenvalue weighted by atomic mass is 16.5. The van der Waals surface area contributed by atoms with Crippen LogP contribution in [0, 0.1) is 11.3 Å². The molecule has 0 aromatic heterocycles. The average molecular weight is 237 g/mol. The zero-order valence-electron chi connectivity index (χ0n) is 11.0. The van der Waals surface area contributed by atoms with E-state index in [1.165, 1.54) is 64.3 Å². The second kappa shape index (κ2) is 5.27. The van der Waals surface area contributed by atoms with Gasteiger partial charge in [0, 0.05) is 24.6 Å². The van der Waals surface area contributed by atoms with Crippen LogP contribution < -0.4 is 5.32 Å². The van der Waals surface area contributed by atoms with Gasteiger partial charge in [-0.2, -0.15) is 0 Å². The van der Waals surface area contributed by atoms with Crippen molar-refractivity contribution in [2.75, 3.05) is 19.8 Å². The quantitative estimate of drug-likeness (QED) is 0.793. The predicted octanol–water partition coefficient (Wildman–Crippen LogP) is 3.12. The Morgan fingerprint density at radius 3 is 2.53 bits per heavy atom. The monoisotopic (exact) mass is 237 g/mol. The summed E-state index contributed by atoms with van der Waals surface area (Å²) >= 11 is 0. The van der Waals surface area contributed by atoms with Gasteiger partial charge in [-0.15, -0.1) is 0 Å². The van der Waals surface area contributed by atoms with Crippen LogP contribution in [0.25, 0.3) is 0 Å². The Balaban J connectivity index is 1.53. The van der Waals surface area contributed by atoms with Crippen LogP contribution in [0.15, 0.2) is 0 Å². The molecular formula is C15H27NO. The van der Waals surface area contributed by atoms with Gasteiger partial charge in [0.15, 0.2) is 0 Å². The largest absolute Gasteiger partial charge is 0.381 e. The first-order valence-corrected chi connectivity index (χ1v) is 7.68. The maximum absolute atomic E-state index is 5.71. The van der Waals surface area contributed by atoms with Gasteiger partial charge >= 0.3 is 0 Å². The molecule has 3 fully saturated rings. The fraction of sp³-hybridized carbons (Fsp3) is 1.00. The average Bonchev–Trinajstić information content (AvgIpc) is 3.09. The molecule has 0 aromatic rings. The molecule has 1 atom stereocenters. The van der Waals surface area contributed by atoms with E-state index in [0.717, 1.165) is 25.2 Å². The Kier molecular flexibility index (Phi) is 3.72. The lowest BCUT2D eigenvalue weighted by molar-refractivity contribution is 0.121. The second-order valence-electron chi connectivity index (χ2n) is 6.67. The molecule has 17 heavy (non-hydrogen) atoms. The Morgan fingerprint density at radius 1 is 1.06 bits per heavy atom. The first-order chi connectivity index (χ1) is 8.36. The molecule has 2 saturated carbocycles. The van der Waals surface area contributed by atoms with Crippen molar-refractivity contribution < 1.29 is 4.74 Å². The number of hydrogen-bond acceptors (Lipinski definition) is 2. The van der Waals surface area contributed by atoms with E-state index in [4.69, 9.17) is 4.74 Å². The van der Waals surface area contributed by atoms with Crippen molar-refractivity contribution in [3.63, 3.8) is 0 Å². The molecule has 2 nitrogen and oxygen atoms in total. The van der Waals surface area contributed by atoms with Crippen LogP contribution >= 0.6 is 0 Å². The minimum atomic E-state index is 0.491. The van der Waals surface area contributed by atoms with Gasteiger partial charge in [-0.05, 0) is 31.6 Å². The summed E-state index contributed by atoms with van der Waals surface area (Å²) in [6.45, 7) is 3.23. The lowest BCUT2D eigenvalue weighted by Crippen LogP contribution is -2.37. The third-order valence-corrected chi connectivity index (χ3v) is 4.97. The molecular weight excluding hydrogens is 210 g/mol. The molecule has 1 saturated heterocycles. The van der Waals surface area contributed by atoms with Crippen LogP contribution in [-0.2, 0) is 4.74 Å². The molecule has 0 spiro atoms. The van der Waals surface area contributed by atoms with Crippen molar-refractivity contribution in [2.45, 2.75) is 63.8 Å². The fourth-order valence-corrected chi connectivity index (χ4v) is 3.67. The summed E-state index contributed by atoms with van der Waals surface area (Å²) in [6, 6.07) is 0.846. The lowest BCUT2D eigenvalue weighted by atomic mass is 9.74. The lowest BCUT2D eigenvalue weighted by Gasteiger charge is -2.34. The minimum absolute atomic E-state index is 0.491. The van der Waals surface area contributed by atoms with Crippen LogP contribution in [0.3, 0.4) is 0 Å². The van der Waals surface area contributed by atoms with Gasteiger partial charge in [-0.25, -0.2) is 0 Å². The molecule has 1 aliphatic heterocycles. The summed E-state index contributed by atoms with van der Waals surface area (Å²) in [5, 5.41) is 3.75. The van der Waals surface area contributed by atoms with Gasteiger partial charge in [0.25, 0.3) is 0 Å². The van der Waals surface area contributed by atoms with Gasteiger partial charge in [0.05, 0.1) is 6.61 Å². The Hall–Kier alpha value is -0.0800. The van der Waals surface area contributed by atoms with Crippen molar-refractivity contribution in [2.24, 2.45) is 11.3 Å². The molecule has 0 radical (unpaired) electrons. The van der Waals surface area contributed by atoms with E-state index in [1.54, 1.807) is 0 Å². The molecule has 98 valence electrons. The maximum Gasteiger partial charge on any atom is 0.0535 e. The maximum atomic E-state index is 5.71. The van der Waals surface area contributed by atoms with Crippen LogP contribution in [0.5, 0.6) is 0 Å². The highest BCUT2D eigenvalue weighted by molar-refractivity contribution is 4.91. The zero-order valence-corrected chi connectivity index (χ0v) is 11.0. The highest BCUT2D eigenvalue weighted by Crippen LogP contribution is 2.40. The van der Waals surface area contributed by atoms with E-state index in [0.29, 0.717) is 5.41 Å². The molecule has 3 rings (SSSR count). The Labute approximate surface area is 105 Å². The van der Waals surface area contributed by atoms with Gasteiger partial charge in [-0.3, -0.25) is 0 Å². The molecule has 1 heterocycles. The number of hydrogen-bond donors (Lipinski definition) is 1. The zero-order chi connectivity index (χ0) is 11.6. The number of nitrogens with one attached hydrogen (secondary N) is 1. The summed E-state index contributed by atoms with van der Waals surface area (Å²) in [6.07, 6.45) is 12.9. The molecule has 0 aromatic carbocycles. The standard InChI is InChI=1S/C15H27NO/c1-2-4-13(5-3-1)10-15(8-9-17-12-15)11-16-14-6-7-14/h13-14,16H,1-12H2. The van der Waals surface area contributed by atoms with Crippen molar-refractivity contribution in [1.82, 2.24) is 5.32 Å². The summed E-state index contributed by atoms with van der Waals surface area (Å²) < 4.78 is 5.71. The normalized spacial score (nSPS) is 35.3. The van der Waals surface area contributed by atoms with E-state index in [1.807, 2.05) is 0 Å². The molecule has 1 N–H and O–H groups in total. The first-order valence-electron chi connectivity index (χ1n) is 7.68. The molecule has 0 amide bonds. The van der Waals surface area contributed by atoms with E-state index in [2.05, 4.69) is 5.32 Å². The molecule has 1 unspecified atom stereocenters. The molecule has 3 aliphatic rings. The molecule has 2 aliphatic carbocycles. The fourth-order valence-electron chi connectivity index (χ4n) is 3.67. The summed E-state index contributed by atoms with van der Waals surface area (Å²) in [5.41, 5.74) is 0.491. The van der Waals surface area contributed by atoms with Crippen LogP contribution in [-0.4, -0.2) is 25.8 Å². The molecule has 2 heteroatoms. The van der Waals surface area contributed by atoms with Crippen LogP contribution in [0.2, 0.25) is 0 Å². The topological polar surface area (TPSA) is 21.3 Å². The van der Waals surface area contributed by atoms with Crippen molar-refractivity contribution in [1.29, 1.82) is 0 Å². The second-order valence-corrected chi connectivity index (χ2v) is 6.67. The highest BCUT2D eigenvalue weighted by Gasteiger charge is 2.38. The summed E-state index contributed by atoms with van der Waals surface area (Å²) in [7, 11) is 0. The summed E-state index contributed by atoms with van der Waals surface area (Å²) in [5.74, 6) is 0.992.